The Morgan fingerprint density at radius 3 is 3.00 bits per heavy atom. The predicted octanol–water partition coefficient (Wildman–Crippen LogP) is 3.32. The molecule has 1 amide bonds. The van der Waals surface area contributed by atoms with Gasteiger partial charge in [0.15, 0.2) is 0 Å². The summed E-state index contributed by atoms with van der Waals surface area (Å²) in [5, 5.41) is 14.9. The van der Waals surface area contributed by atoms with Crippen LogP contribution in [0.15, 0.2) is 46.7 Å². The second-order valence-electron chi connectivity index (χ2n) is 5.85. The highest BCUT2D eigenvalue weighted by atomic mass is 32.2. The molecule has 1 aliphatic heterocycles. The zero-order valence-electron chi connectivity index (χ0n) is 13.7. The van der Waals surface area contributed by atoms with E-state index in [4.69, 9.17) is 0 Å². The smallest absolute Gasteiger partial charge is 0.250 e. The predicted molar refractivity (Wildman–Crippen MR) is 99.9 cm³/mol. The lowest BCUT2D eigenvalue weighted by Crippen LogP contribution is -2.35. The minimum atomic E-state index is -0.0164. The molecular weight excluding hydrogens is 354 g/mol. The SMILES string of the molecule is C[C@@H]1CCN(C(=O)Cn2nnc(-c3cccs3)n2)c2ccccc2S1. The summed E-state index contributed by atoms with van der Waals surface area (Å²) in [4.78, 5) is 18.2. The molecule has 3 heterocycles. The number of carbonyl (C=O) groups is 1. The molecule has 128 valence electrons. The number of tetrazole rings is 1. The molecule has 3 aromatic rings. The number of hydrogen-bond donors (Lipinski definition) is 0. The highest BCUT2D eigenvalue weighted by Gasteiger charge is 2.24. The number of carbonyl (C=O) groups excluding carboxylic acids is 1. The first kappa shape index (κ1) is 16.3. The molecule has 1 aliphatic rings. The van der Waals surface area contributed by atoms with Crippen molar-refractivity contribution in [2.24, 2.45) is 0 Å². The molecule has 0 saturated heterocycles. The Bertz CT molecular complexity index is 877. The highest BCUT2D eigenvalue weighted by Crippen LogP contribution is 2.37. The number of amides is 1. The van der Waals surface area contributed by atoms with Gasteiger partial charge in [-0.2, -0.15) is 4.80 Å². The molecule has 4 rings (SSSR count). The third-order valence-electron chi connectivity index (χ3n) is 4.02. The summed E-state index contributed by atoms with van der Waals surface area (Å²) >= 11 is 3.37. The first-order chi connectivity index (χ1) is 12.2. The third kappa shape index (κ3) is 3.45. The van der Waals surface area contributed by atoms with Crippen molar-refractivity contribution < 1.29 is 4.79 Å². The van der Waals surface area contributed by atoms with E-state index in [2.05, 4.69) is 28.4 Å². The Morgan fingerprint density at radius 1 is 1.28 bits per heavy atom. The van der Waals surface area contributed by atoms with Crippen molar-refractivity contribution in [2.45, 2.75) is 30.0 Å². The molecule has 0 unspecified atom stereocenters. The average molecular weight is 371 g/mol. The Morgan fingerprint density at radius 2 is 2.16 bits per heavy atom. The molecular formula is C17H17N5OS2. The molecule has 2 aromatic heterocycles. The lowest BCUT2D eigenvalue weighted by molar-refractivity contribution is -0.119. The molecule has 0 bridgehead atoms. The zero-order valence-corrected chi connectivity index (χ0v) is 15.3. The number of nitrogens with zero attached hydrogens (tertiary/aromatic N) is 5. The van der Waals surface area contributed by atoms with E-state index in [-0.39, 0.29) is 12.5 Å². The molecule has 0 N–H and O–H groups in total. The standard InChI is InChI=1S/C17H17N5OS2/c1-12-8-9-21(13-5-2-3-6-14(13)25-12)16(23)11-22-19-17(18-20-22)15-7-4-10-24-15/h2-7,10,12H,8-9,11H2,1H3/t12-/m1/s1. The summed E-state index contributed by atoms with van der Waals surface area (Å²) in [6, 6.07) is 11.9. The van der Waals surface area contributed by atoms with Crippen LogP contribution in [0.5, 0.6) is 0 Å². The lowest BCUT2D eigenvalue weighted by Gasteiger charge is -2.22. The fraction of sp³-hybridized carbons (Fsp3) is 0.294. The number of thiophene rings is 1. The van der Waals surface area contributed by atoms with Gasteiger partial charge in [-0.3, -0.25) is 4.79 Å². The molecule has 25 heavy (non-hydrogen) atoms. The van der Waals surface area contributed by atoms with Gasteiger partial charge in [0, 0.05) is 16.7 Å². The van der Waals surface area contributed by atoms with Crippen molar-refractivity contribution in [1.29, 1.82) is 0 Å². The van der Waals surface area contributed by atoms with Crippen molar-refractivity contribution in [1.82, 2.24) is 20.2 Å². The third-order valence-corrected chi connectivity index (χ3v) is 6.12. The minimum Gasteiger partial charge on any atom is -0.310 e. The molecule has 8 heteroatoms. The number of hydrogen-bond acceptors (Lipinski definition) is 6. The van der Waals surface area contributed by atoms with E-state index in [1.807, 2.05) is 52.4 Å². The highest BCUT2D eigenvalue weighted by molar-refractivity contribution is 8.00. The normalized spacial score (nSPS) is 17.2. The fourth-order valence-electron chi connectivity index (χ4n) is 2.77. The molecule has 0 aliphatic carbocycles. The first-order valence-corrected chi connectivity index (χ1v) is 9.84. The number of para-hydroxylation sites is 1. The monoisotopic (exact) mass is 371 g/mol. The van der Waals surface area contributed by atoms with E-state index in [0.29, 0.717) is 17.6 Å². The van der Waals surface area contributed by atoms with Crippen LogP contribution in [0, 0.1) is 0 Å². The summed E-state index contributed by atoms with van der Waals surface area (Å²) < 4.78 is 0. The van der Waals surface area contributed by atoms with Crippen LogP contribution in [0.25, 0.3) is 10.7 Å². The number of anilines is 1. The van der Waals surface area contributed by atoms with E-state index in [1.54, 1.807) is 11.3 Å². The fourth-order valence-corrected chi connectivity index (χ4v) is 4.53. The Hall–Kier alpha value is -2.19. The Labute approximate surface area is 153 Å². The Kier molecular flexibility index (Phi) is 4.54. The van der Waals surface area contributed by atoms with Crippen LogP contribution in [0.1, 0.15) is 13.3 Å². The van der Waals surface area contributed by atoms with Crippen LogP contribution in [-0.4, -0.2) is 37.9 Å². The van der Waals surface area contributed by atoms with Gasteiger partial charge >= 0.3 is 0 Å². The van der Waals surface area contributed by atoms with Gasteiger partial charge in [-0.1, -0.05) is 25.1 Å². The number of benzene rings is 1. The van der Waals surface area contributed by atoms with Crippen LogP contribution < -0.4 is 4.90 Å². The van der Waals surface area contributed by atoms with Gasteiger partial charge in [-0.05, 0) is 35.2 Å². The van der Waals surface area contributed by atoms with E-state index < -0.39 is 0 Å². The van der Waals surface area contributed by atoms with Crippen molar-refractivity contribution in [3.8, 4) is 10.7 Å². The zero-order chi connectivity index (χ0) is 17.2. The van der Waals surface area contributed by atoms with Crippen LogP contribution in [0.2, 0.25) is 0 Å². The Balaban J connectivity index is 1.55. The second-order valence-corrected chi connectivity index (χ2v) is 8.28. The van der Waals surface area contributed by atoms with Gasteiger partial charge < -0.3 is 4.90 Å². The molecule has 0 saturated carbocycles. The molecule has 1 aromatic carbocycles. The number of thioether (sulfide) groups is 1. The molecule has 0 fully saturated rings. The molecule has 0 spiro atoms. The summed E-state index contributed by atoms with van der Waals surface area (Å²) in [6.07, 6.45) is 0.955. The van der Waals surface area contributed by atoms with Crippen LogP contribution in [0.4, 0.5) is 5.69 Å². The van der Waals surface area contributed by atoms with Crippen molar-refractivity contribution in [3.05, 3.63) is 41.8 Å². The van der Waals surface area contributed by atoms with E-state index in [0.717, 1.165) is 21.9 Å². The molecule has 0 radical (unpaired) electrons. The topological polar surface area (TPSA) is 63.9 Å². The maximum Gasteiger partial charge on any atom is 0.250 e. The average Bonchev–Trinajstić information content (AvgIpc) is 3.25. The minimum absolute atomic E-state index is 0.0164. The quantitative estimate of drug-likeness (QED) is 0.707. The van der Waals surface area contributed by atoms with Gasteiger partial charge in [0.25, 0.3) is 5.91 Å². The van der Waals surface area contributed by atoms with Gasteiger partial charge in [-0.15, -0.1) is 33.3 Å². The molecule has 1 atom stereocenters. The van der Waals surface area contributed by atoms with Crippen LogP contribution in [0.3, 0.4) is 0 Å². The van der Waals surface area contributed by atoms with Crippen molar-refractivity contribution in [2.75, 3.05) is 11.4 Å². The van der Waals surface area contributed by atoms with E-state index in [1.165, 1.54) is 4.80 Å². The van der Waals surface area contributed by atoms with Gasteiger partial charge in [0.1, 0.15) is 6.54 Å². The maximum absolute atomic E-state index is 12.9. The van der Waals surface area contributed by atoms with Crippen LogP contribution >= 0.6 is 23.1 Å². The maximum atomic E-state index is 12.9. The van der Waals surface area contributed by atoms with Gasteiger partial charge in [0.2, 0.25) is 5.82 Å². The summed E-state index contributed by atoms with van der Waals surface area (Å²) in [5.41, 5.74) is 0.973. The summed E-state index contributed by atoms with van der Waals surface area (Å²) in [5.74, 6) is 0.542. The lowest BCUT2D eigenvalue weighted by atomic mass is 10.2. The van der Waals surface area contributed by atoms with Crippen molar-refractivity contribution in [3.63, 3.8) is 0 Å². The molecule has 6 nitrogen and oxygen atoms in total. The van der Waals surface area contributed by atoms with Crippen LogP contribution in [-0.2, 0) is 11.3 Å². The van der Waals surface area contributed by atoms with Gasteiger partial charge in [-0.25, -0.2) is 0 Å². The summed E-state index contributed by atoms with van der Waals surface area (Å²) in [6.45, 7) is 2.99. The second kappa shape index (κ2) is 6.97. The number of aromatic nitrogens is 4. The van der Waals surface area contributed by atoms with E-state index >= 15 is 0 Å². The van der Waals surface area contributed by atoms with E-state index in [9.17, 15) is 4.79 Å². The number of fused-ring (bicyclic) bond motifs is 1. The first-order valence-electron chi connectivity index (χ1n) is 8.08. The number of rotatable bonds is 3. The van der Waals surface area contributed by atoms with Gasteiger partial charge in [0.05, 0.1) is 10.6 Å². The van der Waals surface area contributed by atoms with Crippen molar-refractivity contribution >= 4 is 34.7 Å². The summed E-state index contributed by atoms with van der Waals surface area (Å²) in [7, 11) is 0. The largest absolute Gasteiger partial charge is 0.310 e.